The molecule has 3 N–H and O–H groups in total. The first-order chi connectivity index (χ1) is 6.13. The number of benzene rings is 1. The lowest BCUT2D eigenvalue weighted by Crippen LogP contribution is -2.09. The fourth-order valence-corrected chi connectivity index (χ4v) is 1.33. The predicted octanol–water partition coefficient (Wildman–Crippen LogP) is 2.24. The summed E-state index contributed by atoms with van der Waals surface area (Å²) in [6.07, 6.45) is 1.02. The minimum absolute atomic E-state index is 0.316. The van der Waals surface area contributed by atoms with Gasteiger partial charge in [0.2, 0.25) is 0 Å². The van der Waals surface area contributed by atoms with Crippen molar-refractivity contribution >= 4 is 17.3 Å². The van der Waals surface area contributed by atoms with Gasteiger partial charge in [-0.25, -0.2) is 0 Å². The van der Waals surface area contributed by atoms with Crippen LogP contribution in [0.1, 0.15) is 18.9 Å². The van der Waals surface area contributed by atoms with Crippen LogP contribution in [0.2, 0.25) is 5.02 Å². The SMILES string of the molecule is CC[C@@H](O)Cc1ccc(Cl)cc1N. The number of nitrogens with two attached hydrogens (primary N) is 1. The summed E-state index contributed by atoms with van der Waals surface area (Å²) in [7, 11) is 0. The van der Waals surface area contributed by atoms with Gasteiger partial charge in [-0.1, -0.05) is 24.6 Å². The van der Waals surface area contributed by atoms with Crippen molar-refractivity contribution < 1.29 is 5.11 Å². The van der Waals surface area contributed by atoms with E-state index in [2.05, 4.69) is 0 Å². The lowest BCUT2D eigenvalue weighted by atomic mass is 10.0. The summed E-state index contributed by atoms with van der Waals surface area (Å²) in [5.41, 5.74) is 7.34. The predicted molar refractivity (Wildman–Crippen MR) is 55.9 cm³/mol. The average molecular weight is 200 g/mol. The second kappa shape index (κ2) is 4.49. The van der Waals surface area contributed by atoms with Gasteiger partial charge in [-0.2, -0.15) is 0 Å². The Labute approximate surface area is 83.3 Å². The van der Waals surface area contributed by atoms with E-state index < -0.39 is 0 Å². The smallest absolute Gasteiger partial charge is 0.0578 e. The topological polar surface area (TPSA) is 46.2 Å². The van der Waals surface area contributed by atoms with Crippen LogP contribution in [-0.2, 0) is 6.42 Å². The maximum atomic E-state index is 9.42. The molecule has 0 aromatic heterocycles. The van der Waals surface area contributed by atoms with E-state index in [1.165, 1.54) is 0 Å². The van der Waals surface area contributed by atoms with Crippen molar-refractivity contribution in [3.63, 3.8) is 0 Å². The highest BCUT2D eigenvalue weighted by molar-refractivity contribution is 6.30. The molecule has 0 unspecified atom stereocenters. The molecule has 0 bridgehead atoms. The Morgan fingerprint density at radius 2 is 2.23 bits per heavy atom. The molecule has 0 amide bonds. The van der Waals surface area contributed by atoms with Crippen LogP contribution in [0.25, 0.3) is 0 Å². The molecule has 0 aliphatic carbocycles. The summed E-state index contributed by atoms with van der Waals surface area (Å²) in [6, 6.07) is 5.35. The molecular formula is C10H14ClNO. The Morgan fingerprint density at radius 3 is 2.77 bits per heavy atom. The molecule has 0 aliphatic heterocycles. The highest BCUT2D eigenvalue weighted by Crippen LogP contribution is 2.19. The van der Waals surface area contributed by atoms with Crippen molar-refractivity contribution in [1.82, 2.24) is 0 Å². The van der Waals surface area contributed by atoms with E-state index >= 15 is 0 Å². The van der Waals surface area contributed by atoms with Gasteiger partial charge >= 0.3 is 0 Å². The van der Waals surface area contributed by atoms with Crippen molar-refractivity contribution in [1.29, 1.82) is 0 Å². The molecular weight excluding hydrogens is 186 g/mol. The van der Waals surface area contributed by atoms with Gasteiger partial charge in [0.05, 0.1) is 6.10 Å². The summed E-state index contributed by atoms with van der Waals surface area (Å²) in [4.78, 5) is 0. The minimum Gasteiger partial charge on any atom is -0.398 e. The van der Waals surface area contributed by atoms with Gasteiger partial charge in [0, 0.05) is 17.1 Å². The Kier molecular flexibility index (Phi) is 3.58. The van der Waals surface area contributed by atoms with E-state index in [-0.39, 0.29) is 6.10 Å². The van der Waals surface area contributed by atoms with Gasteiger partial charge in [-0.3, -0.25) is 0 Å². The van der Waals surface area contributed by atoms with Gasteiger partial charge in [-0.05, 0) is 24.1 Å². The van der Waals surface area contributed by atoms with Crippen molar-refractivity contribution in [2.24, 2.45) is 0 Å². The normalized spacial score (nSPS) is 12.8. The van der Waals surface area contributed by atoms with E-state index in [4.69, 9.17) is 17.3 Å². The molecule has 2 nitrogen and oxygen atoms in total. The van der Waals surface area contributed by atoms with E-state index in [0.29, 0.717) is 17.1 Å². The molecule has 0 spiro atoms. The molecule has 1 rings (SSSR count). The van der Waals surface area contributed by atoms with Crippen molar-refractivity contribution in [2.75, 3.05) is 5.73 Å². The molecule has 1 aromatic carbocycles. The van der Waals surface area contributed by atoms with Crippen LogP contribution in [0.15, 0.2) is 18.2 Å². The quantitative estimate of drug-likeness (QED) is 0.734. The molecule has 1 aromatic rings. The van der Waals surface area contributed by atoms with Crippen molar-refractivity contribution in [2.45, 2.75) is 25.9 Å². The number of hydrogen-bond donors (Lipinski definition) is 2. The highest BCUT2D eigenvalue weighted by atomic mass is 35.5. The average Bonchev–Trinajstić information content (AvgIpc) is 2.09. The molecule has 0 heterocycles. The lowest BCUT2D eigenvalue weighted by molar-refractivity contribution is 0.171. The summed E-state index contributed by atoms with van der Waals surface area (Å²) in [5.74, 6) is 0. The van der Waals surface area contributed by atoms with Crippen LogP contribution in [0, 0.1) is 0 Å². The minimum atomic E-state index is -0.316. The largest absolute Gasteiger partial charge is 0.398 e. The monoisotopic (exact) mass is 199 g/mol. The fraction of sp³-hybridized carbons (Fsp3) is 0.400. The third-order valence-corrected chi connectivity index (χ3v) is 2.27. The summed E-state index contributed by atoms with van der Waals surface area (Å²) in [6.45, 7) is 1.94. The van der Waals surface area contributed by atoms with Gasteiger partial charge in [0.25, 0.3) is 0 Å². The maximum absolute atomic E-state index is 9.42. The molecule has 13 heavy (non-hydrogen) atoms. The van der Waals surface area contributed by atoms with E-state index in [1.54, 1.807) is 12.1 Å². The van der Waals surface area contributed by atoms with E-state index in [0.717, 1.165) is 12.0 Å². The van der Waals surface area contributed by atoms with Crippen molar-refractivity contribution in [3.05, 3.63) is 28.8 Å². The molecule has 0 saturated carbocycles. The Balaban J connectivity index is 2.77. The van der Waals surface area contributed by atoms with E-state index in [1.807, 2.05) is 13.0 Å². The van der Waals surface area contributed by atoms with Crippen LogP contribution in [0.5, 0.6) is 0 Å². The molecule has 72 valence electrons. The fourth-order valence-electron chi connectivity index (χ4n) is 1.15. The summed E-state index contributed by atoms with van der Waals surface area (Å²) < 4.78 is 0. The molecule has 0 fully saturated rings. The third kappa shape index (κ3) is 2.90. The number of halogens is 1. The molecule has 0 radical (unpaired) electrons. The number of anilines is 1. The number of aliphatic hydroxyl groups is 1. The van der Waals surface area contributed by atoms with E-state index in [9.17, 15) is 5.11 Å². The Hall–Kier alpha value is -0.730. The second-order valence-corrected chi connectivity index (χ2v) is 3.55. The third-order valence-electron chi connectivity index (χ3n) is 2.03. The maximum Gasteiger partial charge on any atom is 0.0578 e. The standard InChI is InChI=1S/C10H14ClNO/c1-2-9(13)5-7-3-4-8(11)6-10(7)12/h3-4,6,9,13H,2,5,12H2,1H3/t9-/m1/s1. The number of hydrogen-bond acceptors (Lipinski definition) is 2. The first-order valence-electron chi connectivity index (χ1n) is 4.35. The zero-order chi connectivity index (χ0) is 9.84. The van der Waals surface area contributed by atoms with Crippen LogP contribution >= 0.6 is 11.6 Å². The summed E-state index contributed by atoms with van der Waals surface area (Å²) >= 11 is 5.74. The van der Waals surface area contributed by atoms with Gasteiger partial charge in [0.1, 0.15) is 0 Å². The van der Waals surface area contributed by atoms with Gasteiger partial charge in [-0.15, -0.1) is 0 Å². The zero-order valence-electron chi connectivity index (χ0n) is 7.63. The number of nitrogen functional groups attached to an aromatic ring is 1. The second-order valence-electron chi connectivity index (χ2n) is 3.11. The number of rotatable bonds is 3. The first-order valence-corrected chi connectivity index (χ1v) is 4.73. The summed E-state index contributed by atoms with van der Waals surface area (Å²) in [5, 5.41) is 10.0. The molecule has 1 atom stereocenters. The lowest BCUT2D eigenvalue weighted by Gasteiger charge is -2.09. The van der Waals surface area contributed by atoms with Gasteiger partial charge < -0.3 is 10.8 Å². The Bertz CT molecular complexity index is 288. The molecule has 0 saturated heterocycles. The van der Waals surface area contributed by atoms with Crippen LogP contribution < -0.4 is 5.73 Å². The van der Waals surface area contributed by atoms with Crippen LogP contribution in [0.3, 0.4) is 0 Å². The molecule has 3 heteroatoms. The zero-order valence-corrected chi connectivity index (χ0v) is 8.38. The Morgan fingerprint density at radius 1 is 1.54 bits per heavy atom. The first kappa shape index (κ1) is 10.4. The van der Waals surface area contributed by atoms with Crippen LogP contribution in [-0.4, -0.2) is 11.2 Å². The van der Waals surface area contributed by atoms with Gasteiger partial charge in [0.15, 0.2) is 0 Å². The van der Waals surface area contributed by atoms with Crippen molar-refractivity contribution in [3.8, 4) is 0 Å². The van der Waals surface area contributed by atoms with Crippen LogP contribution in [0.4, 0.5) is 5.69 Å². The molecule has 0 aliphatic rings. The highest BCUT2D eigenvalue weighted by Gasteiger charge is 2.05. The number of aliphatic hydroxyl groups excluding tert-OH is 1.